The molecule has 1 aliphatic heterocycles. The molecule has 8 nitrogen and oxygen atoms in total. The highest BCUT2D eigenvalue weighted by Gasteiger charge is 2.33. The van der Waals surface area contributed by atoms with Gasteiger partial charge in [0.1, 0.15) is 17.5 Å². The van der Waals surface area contributed by atoms with Gasteiger partial charge < -0.3 is 25.2 Å². The monoisotopic (exact) mass is 354 g/mol. The lowest BCUT2D eigenvalue weighted by Gasteiger charge is -2.26. The minimum absolute atomic E-state index is 0.0663. The number of benzene rings is 1. The van der Waals surface area contributed by atoms with E-state index < -0.39 is 23.2 Å². The first-order valence-electron chi connectivity index (χ1n) is 7.11. The molecule has 130 valence electrons. The molecule has 1 aromatic carbocycles. The lowest BCUT2D eigenvalue weighted by molar-refractivity contribution is -0.141. The number of carboxylic acid groups (broad SMARTS) is 1. The SMILES string of the molecule is COc1ccc(OC)c(NC(=O)C[C@@H]2SC[C@@H](C(=O)O)NC2=O)c1. The van der Waals surface area contributed by atoms with Crippen molar-refractivity contribution in [2.24, 2.45) is 0 Å². The molecule has 1 heterocycles. The fraction of sp³-hybridized carbons (Fsp3) is 0.400. The van der Waals surface area contributed by atoms with Gasteiger partial charge in [-0.3, -0.25) is 9.59 Å². The van der Waals surface area contributed by atoms with Gasteiger partial charge in [-0.15, -0.1) is 11.8 Å². The number of carbonyl (C=O) groups excluding carboxylic acids is 2. The zero-order chi connectivity index (χ0) is 17.7. The fourth-order valence-corrected chi connectivity index (χ4v) is 3.30. The van der Waals surface area contributed by atoms with Crippen LogP contribution in [-0.2, 0) is 14.4 Å². The summed E-state index contributed by atoms with van der Waals surface area (Å²) in [6.07, 6.45) is -0.0663. The van der Waals surface area contributed by atoms with E-state index >= 15 is 0 Å². The normalized spacial score (nSPS) is 20.0. The minimum atomic E-state index is -1.08. The minimum Gasteiger partial charge on any atom is -0.497 e. The zero-order valence-corrected chi connectivity index (χ0v) is 14.0. The number of hydrogen-bond acceptors (Lipinski definition) is 6. The molecule has 24 heavy (non-hydrogen) atoms. The lowest BCUT2D eigenvalue weighted by atomic mass is 10.2. The number of amides is 2. The fourth-order valence-electron chi connectivity index (χ4n) is 2.16. The molecule has 0 radical (unpaired) electrons. The summed E-state index contributed by atoms with van der Waals surface area (Å²) in [5.74, 6) is -0.660. The summed E-state index contributed by atoms with van der Waals surface area (Å²) >= 11 is 1.15. The molecule has 0 aliphatic carbocycles. The van der Waals surface area contributed by atoms with Crippen LogP contribution in [0.2, 0.25) is 0 Å². The Morgan fingerprint density at radius 2 is 2.12 bits per heavy atom. The van der Waals surface area contributed by atoms with Crippen molar-refractivity contribution >= 4 is 35.2 Å². The van der Waals surface area contributed by atoms with E-state index in [0.717, 1.165) is 11.8 Å². The highest BCUT2D eigenvalue weighted by atomic mass is 32.2. The van der Waals surface area contributed by atoms with E-state index in [1.165, 1.54) is 14.2 Å². The first-order chi connectivity index (χ1) is 11.4. The van der Waals surface area contributed by atoms with Crippen LogP contribution in [0.4, 0.5) is 5.69 Å². The average molecular weight is 354 g/mol. The van der Waals surface area contributed by atoms with Gasteiger partial charge in [-0.1, -0.05) is 0 Å². The Labute approximate surface area is 142 Å². The third-order valence-electron chi connectivity index (χ3n) is 3.42. The van der Waals surface area contributed by atoms with Gasteiger partial charge in [0.25, 0.3) is 0 Å². The van der Waals surface area contributed by atoms with Gasteiger partial charge in [0.15, 0.2) is 0 Å². The number of aliphatic carboxylic acids is 1. The second-order valence-corrected chi connectivity index (χ2v) is 6.28. The summed E-state index contributed by atoms with van der Waals surface area (Å²) in [7, 11) is 2.99. The maximum atomic E-state index is 12.2. The molecular formula is C15H18N2O6S. The Morgan fingerprint density at radius 1 is 1.38 bits per heavy atom. The molecule has 1 aliphatic rings. The molecule has 0 aromatic heterocycles. The zero-order valence-electron chi connectivity index (χ0n) is 13.2. The second-order valence-electron chi connectivity index (χ2n) is 5.04. The quantitative estimate of drug-likeness (QED) is 0.689. The summed E-state index contributed by atoms with van der Waals surface area (Å²) in [6, 6.07) is 4.06. The van der Waals surface area contributed by atoms with E-state index in [-0.39, 0.29) is 18.1 Å². The van der Waals surface area contributed by atoms with Gasteiger partial charge >= 0.3 is 5.97 Å². The highest BCUT2D eigenvalue weighted by Crippen LogP contribution is 2.29. The van der Waals surface area contributed by atoms with Crippen LogP contribution >= 0.6 is 11.8 Å². The smallest absolute Gasteiger partial charge is 0.327 e. The second kappa shape index (κ2) is 7.91. The molecule has 0 spiro atoms. The van der Waals surface area contributed by atoms with Crippen molar-refractivity contribution in [3.05, 3.63) is 18.2 Å². The molecule has 0 unspecified atom stereocenters. The average Bonchev–Trinajstić information content (AvgIpc) is 2.56. The Hall–Kier alpha value is -2.42. The molecule has 2 amide bonds. The van der Waals surface area contributed by atoms with Gasteiger partial charge in [-0.2, -0.15) is 0 Å². The van der Waals surface area contributed by atoms with Crippen LogP contribution in [0.15, 0.2) is 18.2 Å². The van der Waals surface area contributed by atoms with Crippen molar-refractivity contribution < 1.29 is 29.0 Å². The largest absolute Gasteiger partial charge is 0.497 e. The third kappa shape index (κ3) is 4.31. The molecule has 2 rings (SSSR count). The van der Waals surface area contributed by atoms with Crippen LogP contribution < -0.4 is 20.1 Å². The lowest BCUT2D eigenvalue weighted by Crippen LogP contribution is -2.51. The number of anilines is 1. The van der Waals surface area contributed by atoms with Gasteiger partial charge in [-0.05, 0) is 12.1 Å². The summed E-state index contributed by atoms with van der Waals surface area (Å²) in [4.78, 5) is 35.0. The van der Waals surface area contributed by atoms with E-state index in [4.69, 9.17) is 14.6 Å². The molecule has 3 N–H and O–H groups in total. The topological polar surface area (TPSA) is 114 Å². The standard InChI is InChI=1S/C15H18N2O6S/c1-22-8-3-4-11(23-2)9(5-8)16-13(18)6-12-14(19)17-10(7-24-12)15(20)21/h3-5,10,12H,6-7H2,1-2H3,(H,16,18)(H,17,19)(H,20,21)/t10-,12-/m0/s1. The summed E-state index contributed by atoms with van der Waals surface area (Å²) in [5, 5.41) is 13.3. The Bertz CT molecular complexity index is 651. The number of thioether (sulfide) groups is 1. The molecular weight excluding hydrogens is 336 g/mol. The van der Waals surface area contributed by atoms with E-state index in [0.29, 0.717) is 17.2 Å². The Kier molecular flexibility index (Phi) is 5.91. The molecule has 1 fully saturated rings. The maximum Gasteiger partial charge on any atom is 0.327 e. The molecule has 1 aromatic rings. The number of carbonyl (C=O) groups is 3. The Morgan fingerprint density at radius 3 is 2.71 bits per heavy atom. The molecule has 9 heteroatoms. The van der Waals surface area contributed by atoms with Crippen molar-refractivity contribution in [1.82, 2.24) is 5.32 Å². The predicted molar refractivity (Wildman–Crippen MR) is 88.6 cm³/mol. The maximum absolute atomic E-state index is 12.2. The Balaban J connectivity index is 1.99. The van der Waals surface area contributed by atoms with Crippen LogP contribution in [-0.4, -0.2) is 54.2 Å². The molecule has 2 atom stereocenters. The van der Waals surface area contributed by atoms with Crippen molar-refractivity contribution in [3.8, 4) is 11.5 Å². The summed E-state index contributed by atoms with van der Waals surface area (Å²) in [5.41, 5.74) is 0.437. The van der Waals surface area contributed by atoms with Gasteiger partial charge in [0.05, 0.1) is 25.2 Å². The highest BCUT2D eigenvalue weighted by molar-refractivity contribution is 8.00. The van der Waals surface area contributed by atoms with Crippen molar-refractivity contribution in [1.29, 1.82) is 0 Å². The first kappa shape index (κ1) is 17.9. The number of nitrogens with one attached hydrogen (secondary N) is 2. The van der Waals surface area contributed by atoms with Crippen LogP contribution in [0.25, 0.3) is 0 Å². The van der Waals surface area contributed by atoms with E-state index in [1.54, 1.807) is 18.2 Å². The van der Waals surface area contributed by atoms with Crippen LogP contribution in [0.3, 0.4) is 0 Å². The number of rotatable bonds is 6. The van der Waals surface area contributed by atoms with Crippen LogP contribution in [0.5, 0.6) is 11.5 Å². The van der Waals surface area contributed by atoms with Crippen LogP contribution in [0.1, 0.15) is 6.42 Å². The van der Waals surface area contributed by atoms with E-state index in [2.05, 4.69) is 10.6 Å². The number of carboxylic acids is 1. The van der Waals surface area contributed by atoms with Gasteiger partial charge in [0, 0.05) is 18.2 Å². The molecule has 0 bridgehead atoms. The number of ether oxygens (including phenoxy) is 2. The van der Waals surface area contributed by atoms with E-state index in [1.807, 2.05) is 0 Å². The first-order valence-corrected chi connectivity index (χ1v) is 8.16. The van der Waals surface area contributed by atoms with Gasteiger partial charge in [0.2, 0.25) is 11.8 Å². The molecule has 0 saturated carbocycles. The van der Waals surface area contributed by atoms with E-state index in [9.17, 15) is 14.4 Å². The third-order valence-corrected chi connectivity index (χ3v) is 4.73. The summed E-state index contributed by atoms with van der Waals surface area (Å²) in [6.45, 7) is 0. The molecule has 1 saturated heterocycles. The van der Waals surface area contributed by atoms with Gasteiger partial charge in [-0.25, -0.2) is 4.79 Å². The van der Waals surface area contributed by atoms with Crippen molar-refractivity contribution in [2.45, 2.75) is 17.7 Å². The summed E-state index contributed by atoms with van der Waals surface area (Å²) < 4.78 is 10.3. The van der Waals surface area contributed by atoms with Crippen LogP contribution in [0, 0.1) is 0 Å². The number of methoxy groups -OCH3 is 2. The van der Waals surface area contributed by atoms with Crippen molar-refractivity contribution in [3.63, 3.8) is 0 Å². The van der Waals surface area contributed by atoms with Crippen molar-refractivity contribution in [2.75, 3.05) is 25.3 Å². The number of hydrogen-bond donors (Lipinski definition) is 3. The predicted octanol–water partition coefficient (Wildman–Crippen LogP) is 0.717.